The van der Waals surface area contributed by atoms with E-state index < -0.39 is 23.0 Å². The highest BCUT2D eigenvalue weighted by atomic mass is 32.2. The van der Waals surface area contributed by atoms with Crippen molar-refractivity contribution in [2.24, 2.45) is 0 Å². The lowest BCUT2D eigenvalue weighted by Gasteiger charge is -2.33. The van der Waals surface area contributed by atoms with Crippen LogP contribution in [-0.4, -0.2) is 40.0 Å². The summed E-state index contributed by atoms with van der Waals surface area (Å²) in [6.45, 7) is 3.03. The Kier molecular flexibility index (Phi) is 6.97. The third kappa shape index (κ3) is 5.48. The summed E-state index contributed by atoms with van der Waals surface area (Å²) in [6, 6.07) is 17.7. The normalized spacial score (nSPS) is 24.3. The summed E-state index contributed by atoms with van der Waals surface area (Å²) in [4.78, 5) is 0.772. The number of rotatable bonds is 7. The van der Waals surface area contributed by atoms with E-state index in [0.29, 0.717) is 25.4 Å². The molecular formula is C21H26O4S. The van der Waals surface area contributed by atoms with Gasteiger partial charge in [0.25, 0.3) is 0 Å². The van der Waals surface area contributed by atoms with E-state index in [4.69, 9.17) is 9.47 Å². The van der Waals surface area contributed by atoms with Crippen molar-refractivity contribution in [3.05, 3.63) is 65.7 Å². The van der Waals surface area contributed by atoms with E-state index in [1.807, 2.05) is 61.5 Å². The molecule has 0 radical (unpaired) electrons. The summed E-state index contributed by atoms with van der Waals surface area (Å²) in [7, 11) is -1.19. The Hall–Kier alpha value is -1.53. The molecular weight excluding hydrogens is 348 g/mol. The molecule has 1 unspecified atom stereocenters. The van der Waals surface area contributed by atoms with Crippen LogP contribution in [0.15, 0.2) is 59.5 Å². The maximum Gasteiger partial charge on any atom is 0.0957 e. The van der Waals surface area contributed by atoms with Gasteiger partial charge in [-0.25, -0.2) is 0 Å². The maximum absolute atomic E-state index is 12.6. The zero-order valence-corrected chi connectivity index (χ0v) is 15.9. The quantitative estimate of drug-likeness (QED) is 0.808. The van der Waals surface area contributed by atoms with Gasteiger partial charge < -0.3 is 14.6 Å². The fourth-order valence-corrected chi connectivity index (χ4v) is 4.27. The first-order valence-electron chi connectivity index (χ1n) is 9.02. The second-order valence-electron chi connectivity index (χ2n) is 6.77. The van der Waals surface area contributed by atoms with E-state index in [2.05, 4.69) is 0 Å². The molecule has 140 valence electrons. The van der Waals surface area contributed by atoms with Gasteiger partial charge in [0.05, 0.1) is 48.1 Å². The minimum absolute atomic E-state index is 0.0675. The third-order valence-corrected chi connectivity index (χ3v) is 6.02. The van der Waals surface area contributed by atoms with Crippen molar-refractivity contribution in [1.82, 2.24) is 0 Å². The first kappa shape index (κ1) is 19.2. The second kappa shape index (κ2) is 9.42. The summed E-state index contributed by atoms with van der Waals surface area (Å²) in [5.74, 6) is 0.305. The van der Waals surface area contributed by atoms with Crippen LogP contribution in [-0.2, 0) is 26.9 Å². The predicted octanol–water partition coefficient (Wildman–Crippen LogP) is 3.23. The van der Waals surface area contributed by atoms with Crippen molar-refractivity contribution in [3.8, 4) is 0 Å². The van der Waals surface area contributed by atoms with Crippen molar-refractivity contribution in [2.45, 2.75) is 49.6 Å². The monoisotopic (exact) mass is 374 g/mol. The minimum atomic E-state index is -1.19. The van der Waals surface area contributed by atoms with Gasteiger partial charge >= 0.3 is 0 Å². The van der Waals surface area contributed by atoms with Crippen LogP contribution in [0.3, 0.4) is 0 Å². The van der Waals surface area contributed by atoms with Gasteiger partial charge in [0.1, 0.15) is 0 Å². The molecule has 4 atom stereocenters. The van der Waals surface area contributed by atoms with Crippen molar-refractivity contribution in [3.63, 3.8) is 0 Å². The molecule has 0 saturated carbocycles. The van der Waals surface area contributed by atoms with Crippen molar-refractivity contribution in [1.29, 1.82) is 0 Å². The second-order valence-corrected chi connectivity index (χ2v) is 8.26. The summed E-state index contributed by atoms with van der Waals surface area (Å²) in [5.41, 5.74) is 2.26. The summed E-state index contributed by atoms with van der Waals surface area (Å²) < 4.78 is 24.3. The molecule has 1 heterocycles. The van der Waals surface area contributed by atoms with Crippen LogP contribution in [0.4, 0.5) is 0 Å². The molecule has 0 aromatic heterocycles. The van der Waals surface area contributed by atoms with Crippen molar-refractivity contribution >= 4 is 10.8 Å². The average molecular weight is 375 g/mol. The molecule has 2 aromatic carbocycles. The number of benzene rings is 2. The van der Waals surface area contributed by atoms with Crippen LogP contribution in [0, 0.1) is 6.92 Å². The number of hydrogen-bond donors (Lipinski definition) is 1. The van der Waals surface area contributed by atoms with Crippen LogP contribution in [0.2, 0.25) is 0 Å². The van der Waals surface area contributed by atoms with E-state index in [9.17, 15) is 9.32 Å². The van der Waals surface area contributed by atoms with Crippen LogP contribution in [0.5, 0.6) is 0 Å². The Balaban J connectivity index is 1.49. The highest BCUT2D eigenvalue weighted by molar-refractivity contribution is 7.85. The molecule has 0 amide bonds. The fraction of sp³-hybridized carbons (Fsp3) is 0.429. The van der Waals surface area contributed by atoms with E-state index in [1.54, 1.807) is 0 Å². The van der Waals surface area contributed by atoms with Crippen LogP contribution < -0.4 is 0 Å². The van der Waals surface area contributed by atoms with Crippen LogP contribution in [0.1, 0.15) is 24.0 Å². The molecule has 4 nitrogen and oxygen atoms in total. The standard InChI is InChI=1S/C21H26O4S/c1-16-7-10-19(11-8-16)26(23)15-21-20(22)12-9-18(25-21)14-24-13-17-5-3-2-4-6-17/h2-8,10-11,18,20-22H,9,12-15H2,1H3/t18-,20+,21+,26?/m0/s1. The molecule has 1 saturated heterocycles. The van der Waals surface area contributed by atoms with E-state index in [0.717, 1.165) is 22.4 Å². The molecule has 1 aliphatic rings. The fourth-order valence-electron chi connectivity index (χ4n) is 3.04. The first-order chi connectivity index (χ1) is 12.6. The van der Waals surface area contributed by atoms with Crippen LogP contribution in [0.25, 0.3) is 0 Å². The molecule has 1 fully saturated rings. The zero-order chi connectivity index (χ0) is 18.4. The zero-order valence-electron chi connectivity index (χ0n) is 15.0. The van der Waals surface area contributed by atoms with E-state index in [-0.39, 0.29) is 6.10 Å². The molecule has 2 aromatic rings. The average Bonchev–Trinajstić information content (AvgIpc) is 2.65. The van der Waals surface area contributed by atoms with Gasteiger partial charge in [0, 0.05) is 4.90 Å². The predicted molar refractivity (Wildman–Crippen MR) is 102 cm³/mol. The number of ether oxygens (including phenoxy) is 2. The Morgan fingerprint density at radius 1 is 1.12 bits per heavy atom. The van der Waals surface area contributed by atoms with Gasteiger partial charge in [-0.1, -0.05) is 48.0 Å². The number of aryl methyl sites for hydroxylation is 1. The maximum atomic E-state index is 12.6. The van der Waals surface area contributed by atoms with Gasteiger partial charge in [0.15, 0.2) is 0 Å². The SMILES string of the molecule is Cc1ccc(S(=O)C[C@H]2O[C@H](COCc3ccccc3)CC[C@H]2O)cc1. The molecule has 0 aliphatic carbocycles. The minimum Gasteiger partial charge on any atom is -0.390 e. The van der Waals surface area contributed by atoms with Gasteiger partial charge in [0.2, 0.25) is 0 Å². The molecule has 5 heteroatoms. The molecule has 3 rings (SSSR count). The smallest absolute Gasteiger partial charge is 0.0957 e. The van der Waals surface area contributed by atoms with Crippen molar-refractivity contribution in [2.75, 3.05) is 12.4 Å². The first-order valence-corrected chi connectivity index (χ1v) is 10.3. The van der Waals surface area contributed by atoms with Gasteiger partial charge in [-0.15, -0.1) is 0 Å². The van der Waals surface area contributed by atoms with Crippen molar-refractivity contribution < 1.29 is 18.8 Å². The number of hydrogen-bond acceptors (Lipinski definition) is 4. The van der Waals surface area contributed by atoms with Crippen LogP contribution >= 0.6 is 0 Å². The van der Waals surface area contributed by atoms with Gasteiger partial charge in [-0.3, -0.25) is 4.21 Å². The molecule has 1 aliphatic heterocycles. The highest BCUT2D eigenvalue weighted by Gasteiger charge is 2.31. The largest absolute Gasteiger partial charge is 0.390 e. The lowest BCUT2D eigenvalue weighted by molar-refractivity contribution is -0.129. The Morgan fingerprint density at radius 2 is 1.85 bits per heavy atom. The van der Waals surface area contributed by atoms with E-state index in [1.165, 1.54) is 0 Å². The summed E-state index contributed by atoms with van der Waals surface area (Å²) in [5, 5.41) is 10.2. The topological polar surface area (TPSA) is 55.8 Å². The Labute approximate surface area is 157 Å². The highest BCUT2D eigenvalue weighted by Crippen LogP contribution is 2.22. The number of aliphatic hydroxyl groups excluding tert-OH is 1. The lowest BCUT2D eigenvalue weighted by atomic mass is 10.0. The lowest BCUT2D eigenvalue weighted by Crippen LogP contribution is -2.43. The van der Waals surface area contributed by atoms with E-state index >= 15 is 0 Å². The Bertz CT molecular complexity index is 702. The number of aliphatic hydroxyl groups is 1. The van der Waals surface area contributed by atoms with Gasteiger partial charge in [-0.05, 0) is 37.5 Å². The van der Waals surface area contributed by atoms with Gasteiger partial charge in [-0.2, -0.15) is 0 Å². The molecule has 0 bridgehead atoms. The molecule has 1 N–H and O–H groups in total. The Morgan fingerprint density at radius 3 is 2.58 bits per heavy atom. The molecule has 26 heavy (non-hydrogen) atoms. The summed E-state index contributed by atoms with van der Waals surface area (Å²) >= 11 is 0. The summed E-state index contributed by atoms with van der Waals surface area (Å²) in [6.07, 6.45) is 0.340. The third-order valence-electron chi connectivity index (χ3n) is 4.60. The molecule has 0 spiro atoms.